The molecule has 0 saturated heterocycles. The largest absolute Gasteiger partial charge is 0.311 e. The minimum Gasteiger partial charge on any atom is -0.311 e. The van der Waals surface area contributed by atoms with Crippen molar-refractivity contribution in [2.75, 3.05) is 13.1 Å². The Kier molecular flexibility index (Phi) is 8.89. The Labute approximate surface area is 116 Å². The van der Waals surface area contributed by atoms with Crippen LogP contribution in [0.5, 0.6) is 0 Å². The zero-order valence-corrected chi connectivity index (χ0v) is 13.8. The summed E-state index contributed by atoms with van der Waals surface area (Å²) in [6.07, 6.45) is 5.08. The second-order valence-corrected chi connectivity index (χ2v) is 6.54. The molecule has 1 N–H and O–H groups in total. The van der Waals surface area contributed by atoms with E-state index >= 15 is 0 Å². The predicted molar refractivity (Wildman–Crippen MR) is 83.2 cm³/mol. The van der Waals surface area contributed by atoms with E-state index in [0.717, 1.165) is 6.54 Å². The molecule has 0 fully saturated rings. The third-order valence-electron chi connectivity index (χ3n) is 3.74. The molecule has 0 aliphatic rings. The Bertz CT molecular complexity index is 196. The van der Waals surface area contributed by atoms with E-state index in [4.69, 9.17) is 0 Å². The van der Waals surface area contributed by atoms with Crippen molar-refractivity contribution in [1.82, 2.24) is 10.2 Å². The summed E-state index contributed by atoms with van der Waals surface area (Å²) in [5.41, 5.74) is 0.222. The predicted octanol–water partition coefficient (Wildman–Crippen LogP) is 4.05. The second-order valence-electron chi connectivity index (χ2n) is 6.54. The van der Waals surface area contributed by atoms with E-state index in [1.54, 1.807) is 0 Å². The van der Waals surface area contributed by atoms with Crippen LogP contribution in [-0.2, 0) is 0 Å². The first-order valence-corrected chi connectivity index (χ1v) is 7.86. The summed E-state index contributed by atoms with van der Waals surface area (Å²) in [5, 5.41) is 3.67. The standard InChI is InChI=1S/C16H36N2/c1-8-11-12-18(14(4)9-2)15(10-3)13-17-16(5,6)7/h14-15,17H,8-13H2,1-7H3. The first-order chi connectivity index (χ1) is 8.35. The van der Waals surface area contributed by atoms with E-state index in [0.29, 0.717) is 12.1 Å². The molecule has 0 radical (unpaired) electrons. The summed E-state index contributed by atoms with van der Waals surface area (Å²) < 4.78 is 0. The van der Waals surface area contributed by atoms with Crippen molar-refractivity contribution in [3.63, 3.8) is 0 Å². The molecule has 2 heteroatoms. The Hall–Kier alpha value is -0.0800. The lowest BCUT2D eigenvalue weighted by molar-refractivity contribution is 0.125. The molecular weight excluding hydrogens is 220 g/mol. The highest BCUT2D eigenvalue weighted by Gasteiger charge is 2.22. The van der Waals surface area contributed by atoms with Gasteiger partial charge in [-0.3, -0.25) is 4.90 Å². The molecular formula is C16H36N2. The molecule has 0 aromatic rings. The van der Waals surface area contributed by atoms with E-state index in [9.17, 15) is 0 Å². The molecule has 0 amide bonds. The van der Waals surface area contributed by atoms with Crippen molar-refractivity contribution in [1.29, 1.82) is 0 Å². The zero-order chi connectivity index (χ0) is 14.2. The number of unbranched alkanes of at least 4 members (excludes halogenated alkanes) is 1. The maximum atomic E-state index is 3.67. The maximum absolute atomic E-state index is 3.67. The molecule has 0 aliphatic carbocycles. The van der Waals surface area contributed by atoms with Crippen LogP contribution in [0.2, 0.25) is 0 Å². The molecule has 18 heavy (non-hydrogen) atoms. The van der Waals surface area contributed by atoms with Crippen LogP contribution in [0.3, 0.4) is 0 Å². The van der Waals surface area contributed by atoms with Crippen molar-refractivity contribution >= 4 is 0 Å². The Morgan fingerprint density at radius 1 is 1.06 bits per heavy atom. The van der Waals surface area contributed by atoms with Crippen molar-refractivity contribution < 1.29 is 0 Å². The molecule has 0 aromatic heterocycles. The van der Waals surface area contributed by atoms with Crippen LogP contribution in [0.15, 0.2) is 0 Å². The fourth-order valence-corrected chi connectivity index (χ4v) is 2.26. The fourth-order valence-electron chi connectivity index (χ4n) is 2.26. The molecule has 0 heterocycles. The quantitative estimate of drug-likeness (QED) is 0.669. The van der Waals surface area contributed by atoms with Gasteiger partial charge in [0.15, 0.2) is 0 Å². The van der Waals surface area contributed by atoms with Gasteiger partial charge in [-0.1, -0.05) is 27.2 Å². The lowest BCUT2D eigenvalue weighted by atomic mass is 10.0. The molecule has 0 spiro atoms. The number of hydrogen-bond acceptors (Lipinski definition) is 2. The average molecular weight is 256 g/mol. The summed E-state index contributed by atoms with van der Waals surface area (Å²) in [5.74, 6) is 0. The van der Waals surface area contributed by atoms with Gasteiger partial charge in [0.1, 0.15) is 0 Å². The van der Waals surface area contributed by atoms with E-state index in [1.165, 1.54) is 32.2 Å². The number of hydrogen-bond donors (Lipinski definition) is 1. The summed E-state index contributed by atoms with van der Waals surface area (Å²) in [7, 11) is 0. The monoisotopic (exact) mass is 256 g/mol. The first-order valence-electron chi connectivity index (χ1n) is 7.86. The van der Waals surface area contributed by atoms with Crippen LogP contribution in [0.1, 0.15) is 74.1 Å². The summed E-state index contributed by atoms with van der Waals surface area (Å²) in [6, 6.07) is 1.37. The smallest absolute Gasteiger partial charge is 0.0221 e. The summed E-state index contributed by atoms with van der Waals surface area (Å²) in [4.78, 5) is 2.71. The highest BCUT2D eigenvalue weighted by Crippen LogP contribution is 2.14. The van der Waals surface area contributed by atoms with Gasteiger partial charge in [0.2, 0.25) is 0 Å². The van der Waals surface area contributed by atoms with Crippen molar-refractivity contribution in [2.45, 2.75) is 91.8 Å². The molecule has 0 saturated carbocycles. The topological polar surface area (TPSA) is 15.3 Å². The van der Waals surface area contributed by atoms with Gasteiger partial charge in [-0.2, -0.15) is 0 Å². The Morgan fingerprint density at radius 3 is 2.06 bits per heavy atom. The van der Waals surface area contributed by atoms with Gasteiger partial charge < -0.3 is 5.32 Å². The Balaban J connectivity index is 4.49. The Morgan fingerprint density at radius 2 is 1.67 bits per heavy atom. The van der Waals surface area contributed by atoms with Gasteiger partial charge in [-0.05, 0) is 53.5 Å². The normalized spacial score (nSPS) is 16.0. The molecule has 2 atom stereocenters. The van der Waals surface area contributed by atoms with Crippen molar-refractivity contribution in [3.05, 3.63) is 0 Å². The maximum Gasteiger partial charge on any atom is 0.0221 e. The van der Waals surface area contributed by atoms with Crippen LogP contribution in [0.25, 0.3) is 0 Å². The van der Waals surface area contributed by atoms with Gasteiger partial charge in [0, 0.05) is 24.2 Å². The molecule has 0 rings (SSSR count). The lowest BCUT2D eigenvalue weighted by Gasteiger charge is -2.37. The van der Waals surface area contributed by atoms with Crippen LogP contribution in [0.4, 0.5) is 0 Å². The highest BCUT2D eigenvalue weighted by atomic mass is 15.2. The van der Waals surface area contributed by atoms with Crippen LogP contribution in [0, 0.1) is 0 Å². The van der Waals surface area contributed by atoms with Gasteiger partial charge in [-0.25, -0.2) is 0 Å². The van der Waals surface area contributed by atoms with Crippen molar-refractivity contribution in [2.24, 2.45) is 0 Å². The van der Waals surface area contributed by atoms with E-state index in [-0.39, 0.29) is 5.54 Å². The minimum atomic E-state index is 0.222. The fraction of sp³-hybridized carbons (Fsp3) is 1.00. The third-order valence-corrected chi connectivity index (χ3v) is 3.74. The van der Waals surface area contributed by atoms with Gasteiger partial charge >= 0.3 is 0 Å². The summed E-state index contributed by atoms with van der Waals surface area (Å²) >= 11 is 0. The van der Waals surface area contributed by atoms with Crippen LogP contribution in [-0.4, -0.2) is 35.6 Å². The molecule has 0 bridgehead atoms. The van der Waals surface area contributed by atoms with Gasteiger partial charge in [-0.15, -0.1) is 0 Å². The van der Waals surface area contributed by atoms with E-state index in [2.05, 4.69) is 58.7 Å². The number of nitrogens with one attached hydrogen (secondary N) is 1. The van der Waals surface area contributed by atoms with Crippen LogP contribution >= 0.6 is 0 Å². The highest BCUT2D eigenvalue weighted by molar-refractivity contribution is 4.81. The van der Waals surface area contributed by atoms with E-state index < -0.39 is 0 Å². The number of rotatable bonds is 9. The zero-order valence-electron chi connectivity index (χ0n) is 13.8. The third kappa shape index (κ3) is 7.38. The second kappa shape index (κ2) is 8.92. The SMILES string of the molecule is CCCCN(C(C)CC)C(CC)CNC(C)(C)C. The van der Waals surface area contributed by atoms with Gasteiger partial charge in [0.05, 0.1) is 0 Å². The molecule has 0 aromatic carbocycles. The minimum absolute atomic E-state index is 0.222. The van der Waals surface area contributed by atoms with Gasteiger partial charge in [0.25, 0.3) is 0 Å². The molecule has 2 nitrogen and oxygen atoms in total. The summed E-state index contributed by atoms with van der Waals surface area (Å²) in [6.45, 7) is 18.4. The average Bonchev–Trinajstić information content (AvgIpc) is 2.31. The molecule has 0 aliphatic heterocycles. The molecule has 2 unspecified atom stereocenters. The molecule has 110 valence electrons. The van der Waals surface area contributed by atoms with E-state index in [1.807, 2.05) is 0 Å². The van der Waals surface area contributed by atoms with Crippen molar-refractivity contribution in [3.8, 4) is 0 Å². The first kappa shape index (κ1) is 17.9. The van der Waals surface area contributed by atoms with Crippen LogP contribution < -0.4 is 5.32 Å². The lowest BCUT2D eigenvalue weighted by Crippen LogP contribution is -2.50. The number of nitrogens with zero attached hydrogens (tertiary/aromatic N) is 1.